The first-order valence-electron chi connectivity index (χ1n) is 8.89. The summed E-state index contributed by atoms with van der Waals surface area (Å²) in [5.74, 6) is 0.155. The average Bonchev–Trinajstić information content (AvgIpc) is 3.35. The summed E-state index contributed by atoms with van der Waals surface area (Å²) in [6, 6.07) is 17.0. The Labute approximate surface area is 159 Å². The Hall–Kier alpha value is -0.670. The van der Waals surface area contributed by atoms with Gasteiger partial charge < -0.3 is 0 Å². The first kappa shape index (κ1) is 16.8. The molecule has 0 N–H and O–H groups in total. The number of benzene rings is 2. The van der Waals surface area contributed by atoms with Crippen molar-refractivity contribution in [2.24, 2.45) is 0 Å². The number of rotatable bonds is 4. The van der Waals surface area contributed by atoms with Crippen molar-refractivity contribution in [2.45, 2.75) is 21.2 Å². The van der Waals surface area contributed by atoms with Gasteiger partial charge in [0.1, 0.15) is 0 Å². The predicted octanol–water partition coefficient (Wildman–Crippen LogP) is 3.32. The van der Waals surface area contributed by atoms with Gasteiger partial charge in [-0.3, -0.25) is 0 Å². The molecule has 0 spiro atoms. The second-order valence-electron chi connectivity index (χ2n) is 6.80. The number of carbonyl (C=O) groups is 1. The summed E-state index contributed by atoms with van der Waals surface area (Å²) < 4.78 is 10.8. The third kappa shape index (κ3) is 3.62. The molecule has 0 saturated carbocycles. The molecule has 116 valence electrons. The van der Waals surface area contributed by atoms with Crippen LogP contribution in [0.15, 0.2) is 68.3 Å². The third-order valence-electron chi connectivity index (χ3n) is 5.23. The summed E-state index contributed by atoms with van der Waals surface area (Å²) in [5, 5.41) is 0. The van der Waals surface area contributed by atoms with Gasteiger partial charge in [-0.15, -0.1) is 0 Å². The summed E-state index contributed by atoms with van der Waals surface area (Å²) in [5.41, 5.74) is 1.65. The number of allylic oxidation sites excluding steroid dienone is 2. The van der Waals surface area contributed by atoms with Crippen LogP contribution < -0.4 is 6.64 Å². The predicted molar refractivity (Wildman–Crippen MR) is 104 cm³/mol. The van der Waals surface area contributed by atoms with Crippen LogP contribution in [0.25, 0.3) is 0 Å². The van der Waals surface area contributed by atoms with Crippen molar-refractivity contribution < 1.29 is 4.79 Å². The van der Waals surface area contributed by atoms with Gasteiger partial charge in [0.25, 0.3) is 0 Å². The Kier molecular flexibility index (Phi) is 5.38. The fraction of sp³-hybridized carbons (Fsp3) is 0.190. The number of ketones is 1. The van der Waals surface area contributed by atoms with Gasteiger partial charge in [-0.25, -0.2) is 0 Å². The molecular weight excluding hydrogens is 498 g/mol. The fourth-order valence-corrected chi connectivity index (χ4v) is 18.1. The van der Waals surface area contributed by atoms with Crippen LogP contribution in [0.5, 0.6) is 0 Å². The summed E-state index contributed by atoms with van der Waals surface area (Å²) in [6.45, 7) is 0. The molecule has 0 amide bonds. The molecule has 0 aliphatic carbocycles. The molecule has 0 fully saturated rings. The molecule has 2 aromatic rings. The third-order valence-corrected chi connectivity index (χ3v) is 22.0. The Bertz CT molecular complexity index is 720. The average molecular weight is 518 g/mol. The van der Waals surface area contributed by atoms with Crippen LogP contribution in [0.3, 0.4) is 0 Å². The van der Waals surface area contributed by atoms with E-state index in [0.29, 0.717) is 0 Å². The van der Waals surface area contributed by atoms with Crippen molar-refractivity contribution in [3.8, 4) is 0 Å². The maximum atomic E-state index is 12.7. The molecule has 2 aliphatic rings. The first-order valence-corrected chi connectivity index (χ1v) is 20.7. The van der Waals surface area contributed by atoms with Crippen molar-refractivity contribution in [3.63, 3.8) is 0 Å². The minimum atomic E-state index is -1.60. The zero-order valence-electron chi connectivity index (χ0n) is 13.8. The summed E-state index contributed by atoms with van der Waals surface area (Å²) in [4.78, 5) is 12.7. The molecule has 0 unspecified atom stereocenters. The quantitative estimate of drug-likeness (QED) is 0.569. The fourth-order valence-electron chi connectivity index (χ4n) is 3.75. The second-order valence-corrected chi connectivity index (χ2v) is 23.0. The van der Waals surface area contributed by atoms with Gasteiger partial charge in [-0.05, 0) is 0 Å². The summed E-state index contributed by atoms with van der Waals surface area (Å²) in [7, 11) is 0. The molecular formula is C21H20In2O. The van der Waals surface area contributed by atoms with Gasteiger partial charge in [0.05, 0.1) is 0 Å². The van der Waals surface area contributed by atoms with Crippen LogP contribution in [-0.2, 0) is 0 Å². The molecule has 2 aliphatic heterocycles. The molecule has 1 nitrogen and oxygen atoms in total. The van der Waals surface area contributed by atoms with Gasteiger partial charge in [0.15, 0.2) is 0 Å². The van der Waals surface area contributed by atoms with Crippen LogP contribution in [0, 0.1) is 0 Å². The molecule has 2 heterocycles. The van der Waals surface area contributed by atoms with Gasteiger partial charge in [0.2, 0.25) is 0 Å². The van der Waals surface area contributed by atoms with E-state index in [2.05, 4.69) is 44.1 Å². The SMILES string of the molecule is O=C(c1cc[c]([In]2[CH]=CC[CH2]2)cc1)c1cc[c]([In]2[CH]=CC[CH2]2)cc1. The van der Waals surface area contributed by atoms with Crippen LogP contribution in [0.4, 0.5) is 0 Å². The van der Waals surface area contributed by atoms with E-state index in [1.54, 1.807) is 0 Å². The Balaban J connectivity index is 1.50. The molecule has 4 rings (SSSR count). The van der Waals surface area contributed by atoms with E-state index in [9.17, 15) is 4.79 Å². The van der Waals surface area contributed by atoms with Crippen molar-refractivity contribution in [1.82, 2.24) is 0 Å². The van der Waals surface area contributed by atoms with E-state index in [1.165, 1.54) is 27.8 Å². The number of hydrogen-bond acceptors (Lipinski definition) is 1. The molecule has 0 saturated heterocycles. The maximum absolute atomic E-state index is 12.7. The first-order chi connectivity index (χ1) is 11.8. The van der Waals surface area contributed by atoms with Crippen molar-refractivity contribution in [3.05, 3.63) is 79.5 Å². The molecule has 0 aromatic heterocycles. The molecule has 0 bridgehead atoms. The van der Waals surface area contributed by atoms with Crippen molar-refractivity contribution in [2.75, 3.05) is 0 Å². The van der Waals surface area contributed by atoms with Gasteiger partial charge in [-0.1, -0.05) is 0 Å². The van der Waals surface area contributed by atoms with Crippen LogP contribution in [-0.4, -0.2) is 48.7 Å². The van der Waals surface area contributed by atoms with Crippen LogP contribution in [0.1, 0.15) is 28.8 Å². The molecule has 3 heteroatoms. The van der Waals surface area contributed by atoms with Gasteiger partial charge in [0, 0.05) is 0 Å². The standard InChI is InChI=1S/C13H8O.2C4H6.2In/c14-13(11-7-3-1-4-8-11)12-9-5-2-6-10-12;2*1-3-4-2;;/h3-10H;2*1,3H,2,4H2;;. The number of carbonyl (C=O) groups excluding carboxylic acids is 1. The minimum absolute atomic E-state index is 0.155. The van der Waals surface area contributed by atoms with Crippen molar-refractivity contribution >= 4 is 55.3 Å². The van der Waals surface area contributed by atoms with E-state index >= 15 is 0 Å². The molecule has 0 atom stereocenters. The van der Waals surface area contributed by atoms with Gasteiger partial charge in [-0.2, -0.15) is 0 Å². The zero-order valence-corrected chi connectivity index (χ0v) is 20.4. The molecule has 2 aromatic carbocycles. The topological polar surface area (TPSA) is 17.1 Å². The Morgan fingerprint density at radius 1 is 0.667 bits per heavy atom. The monoisotopic (exact) mass is 518 g/mol. The van der Waals surface area contributed by atoms with Crippen molar-refractivity contribution in [1.29, 1.82) is 0 Å². The van der Waals surface area contributed by atoms with E-state index in [-0.39, 0.29) is 5.78 Å². The van der Waals surface area contributed by atoms with E-state index in [4.69, 9.17) is 0 Å². The summed E-state index contributed by atoms with van der Waals surface area (Å²) in [6.07, 6.45) is 7.20. The van der Waals surface area contributed by atoms with E-state index in [1.807, 2.05) is 24.3 Å². The zero-order chi connectivity index (χ0) is 16.4. The Morgan fingerprint density at radius 3 is 1.42 bits per heavy atom. The van der Waals surface area contributed by atoms with Gasteiger partial charge >= 0.3 is 161 Å². The molecule has 24 heavy (non-hydrogen) atoms. The van der Waals surface area contributed by atoms with Crippen LogP contribution in [0.2, 0.25) is 8.35 Å². The summed E-state index contributed by atoms with van der Waals surface area (Å²) >= 11 is -3.19. The molecule has 0 radical (unpaired) electrons. The van der Waals surface area contributed by atoms with Crippen LogP contribution >= 0.6 is 0 Å². The van der Waals surface area contributed by atoms with E-state index < -0.39 is 42.9 Å². The second kappa shape index (κ2) is 7.70. The number of hydrogen-bond donors (Lipinski definition) is 0. The van der Waals surface area contributed by atoms with E-state index in [0.717, 1.165) is 11.1 Å². The normalized spacial score (nSPS) is 16.2. The Morgan fingerprint density at radius 2 is 1.08 bits per heavy atom.